The zero-order chi connectivity index (χ0) is 49.9. The van der Waals surface area contributed by atoms with E-state index < -0.39 is 12.1 Å². The van der Waals surface area contributed by atoms with Crippen molar-refractivity contribution in [2.75, 3.05) is 70.9 Å². The fourth-order valence-corrected chi connectivity index (χ4v) is 9.21. The van der Waals surface area contributed by atoms with Crippen LogP contribution in [0, 0.1) is 5.92 Å². The third-order valence-electron chi connectivity index (χ3n) is 13.6. The Morgan fingerprint density at radius 2 is 1.18 bits per heavy atom. The quantitative estimate of drug-likeness (QED) is 0.102. The van der Waals surface area contributed by atoms with Crippen LogP contribution >= 0.6 is 0 Å². The van der Waals surface area contributed by atoms with Gasteiger partial charge in [0.2, 0.25) is 11.8 Å². The molecule has 0 aliphatic carbocycles. The molecule has 0 bridgehead atoms. The van der Waals surface area contributed by atoms with Crippen molar-refractivity contribution >= 4 is 70.0 Å². The smallest absolute Gasteiger partial charge is 0.260 e. The van der Waals surface area contributed by atoms with Crippen molar-refractivity contribution in [2.24, 2.45) is 21.6 Å². The molecule has 4 atom stereocenters. The predicted molar refractivity (Wildman–Crippen MR) is 275 cm³/mol. The van der Waals surface area contributed by atoms with Gasteiger partial charge in [-0.1, -0.05) is 38.1 Å². The maximum atomic E-state index is 14.0. The summed E-state index contributed by atoms with van der Waals surface area (Å²) in [4.78, 5) is 70.9. The number of carbonyl (C=O) groups excluding carboxylic acids is 4. The molecule has 17 nitrogen and oxygen atoms in total. The number of nitrogens with zero attached hydrogens (tertiary/aromatic N) is 6. The molecule has 1 saturated heterocycles. The number of fused-ring (bicyclic) bond motifs is 4. The SMILES string of the molecule is COc1cc2c(cc1OCCCOc1cc3c(cc1OC)C(=O)N1C=C(c4ccc(N5CCN(C)CC5)cc4)CC1C=N3)N=CC1CC(c3ccc(NC(=O)C(C)NC(=O)C(N)C(C)C)cc3)=CN1C2=O. The van der Waals surface area contributed by atoms with E-state index in [4.69, 9.17) is 34.7 Å². The van der Waals surface area contributed by atoms with Gasteiger partial charge in [0.1, 0.15) is 6.04 Å². The molecule has 5 aliphatic rings. The fraction of sp³-hybridized carbons (Fsp3) is 0.370. The average molecular weight is 964 g/mol. The summed E-state index contributed by atoms with van der Waals surface area (Å²) in [6, 6.07) is 20.8. The molecule has 0 spiro atoms. The van der Waals surface area contributed by atoms with Crippen LogP contribution in [0.4, 0.5) is 22.7 Å². The number of hydrogen-bond donors (Lipinski definition) is 3. The highest BCUT2D eigenvalue weighted by molar-refractivity contribution is 6.07. The molecule has 370 valence electrons. The van der Waals surface area contributed by atoms with Crippen LogP contribution in [-0.4, -0.2) is 136 Å². The summed E-state index contributed by atoms with van der Waals surface area (Å²) >= 11 is 0. The van der Waals surface area contributed by atoms with E-state index in [1.807, 2.05) is 44.6 Å². The van der Waals surface area contributed by atoms with E-state index in [-0.39, 0.29) is 54.8 Å². The number of nitrogens with two attached hydrogens (primary N) is 1. The van der Waals surface area contributed by atoms with E-state index >= 15 is 0 Å². The Hall–Kier alpha value is -7.50. The summed E-state index contributed by atoms with van der Waals surface area (Å²) in [6.07, 6.45) is 9.08. The molecule has 71 heavy (non-hydrogen) atoms. The zero-order valence-electron chi connectivity index (χ0n) is 41.0. The second kappa shape index (κ2) is 20.8. The molecule has 1 fully saturated rings. The number of amides is 4. The Bertz CT molecular complexity index is 2820. The molecular formula is C54H61N9O8. The molecule has 0 radical (unpaired) electrons. The van der Waals surface area contributed by atoms with Gasteiger partial charge < -0.3 is 54.9 Å². The second-order valence-corrected chi connectivity index (χ2v) is 18.8. The number of carbonyl (C=O) groups is 4. The van der Waals surface area contributed by atoms with Crippen LogP contribution in [0.15, 0.2) is 95.2 Å². The predicted octanol–water partition coefficient (Wildman–Crippen LogP) is 6.67. The van der Waals surface area contributed by atoms with Crippen LogP contribution < -0.4 is 40.2 Å². The first-order chi connectivity index (χ1) is 34.3. The molecule has 4 unspecified atom stereocenters. The lowest BCUT2D eigenvalue weighted by molar-refractivity contribution is -0.127. The minimum atomic E-state index is -0.776. The van der Waals surface area contributed by atoms with Gasteiger partial charge in [-0.05, 0) is 78.6 Å². The van der Waals surface area contributed by atoms with E-state index in [9.17, 15) is 19.2 Å². The van der Waals surface area contributed by atoms with Gasteiger partial charge in [-0.25, -0.2) is 0 Å². The maximum Gasteiger partial charge on any atom is 0.260 e. The van der Waals surface area contributed by atoms with Gasteiger partial charge in [-0.2, -0.15) is 0 Å². The first-order valence-electron chi connectivity index (χ1n) is 24.1. The molecule has 4 aromatic rings. The highest BCUT2D eigenvalue weighted by Gasteiger charge is 2.35. The van der Waals surface area contributed by atoms with Gasteiger partial charge in [-0.3, -0.25) is 29.2 Å². The van der Waals surface area contributed by atoms with Crippen molar-refractivity contribution in [2.45, 2.75) is 64.2 Å². The third kappa shape index (κ3) is 10.4. The normalized spacial score (nSPS) is 19.1. The molecule has 5 aliphatic heterocycles. The molecule has 4 aromatic carbocycles. The Morgan fingerprint density at radius 1 is 0.690 bits per heavy atom. The van der Waals surface area contributed by atoms with E-state index in [1.165, 1.54) is 12.8 Å². The standard InChI is InChI=1S/C54H61N9O8/c1-32(2)50(55)52(65)58-33(3)51(64)59-38-12-8-34(9-13-38)36-22-40-28-56-44-26-48(46(68-5)24-42(44)53(66)62(40)30-36)70-20-7-21-71-49-27-45-43(25-47(49)69-6)54(67)63-31-37(23-41(63)29-57-45)35-10-14-39(15-11-35)61-18-16-60(4)17-19-61/h8-15,24-33,40-41,50H,7,16-23,55H2,1-6H3,(H,58,65)(H,59,64). The van der Waals surface area contributed by atoms with Crippen molar-refractivity contribution in [1.82, 2.24) is 20.0 Å². The number of piperazine rings is 1. The minimum absolute atomic E-state index is 0.0595. The van der Waals surface area contributed by atoms with Gasteiger partial charge >= 0.3 is 0 Å². The van der Waals surface area contributed by atoms with E-state index in [0.717, 1.165) is 48.5 Å². The summed E-state index contributed by atoms with van der Waals surface area (Å²) in [7, 11) is 5.22. The molecule has 0 saturated carbocycles. The van der Waals surface area contributed by atoms with Crippen LogP contribution in [0.25, 0.3) is 11.1 Å². The van der Waals surface area contributed by atoms with E-state index in [2.05, 4.69) is 51.7 Å². The lowest BCUT2D eigenvalue weighted by Crippen LogP contribution is -2.50. The van der Waals surface area contributed by atoms with Crippen molar-refractivity contribution in [3.63, 3.8) is 0 Å². The Morgan fingerprint density at radius 3 is 1.66 bits per heavy atom. The Kier molecular flexibility index (Phi) is 14.2. The highest BCUT2D eigenvalue weighted by Crippen LogP contribution is 2.42. The number of methoxy groups -OCH3 is 2. The lowest BCUT2D eigenvalue weighted by atomic mass is 10.0. The molecule has 9 rings (SSSR count). The van der Waals surface area contributed by atoms with E-state index in [1.54, 1.807) is 66.4 Å². The van der Waals surface area contributed by atoms with Gasteiger partial charge in [0, 0.05) is 93.8 Å². The number of benzene rings is 4. The number of nitrogens with one attached hydrogen (secondary N) is 2. The number of anilines is 2. The highest BCUT2D eigenvalue weighted by atomic mass is 16.5. The maximum absolute atomic E-state index is 14.0. The van der Waals surface area contributed by atoms with Crippen LogP contribution in [-0.2, 0) is 9.59 Å². The van der Waals surface area contributed by atoms with Gasteiger partial charge in [0.05, 0.1) is 68.1 Å². The first-order valence-corrected chi connectivity index (χ1v) is 24.1. The molecule has 0 aromatic heterocycles. The van der Waals surface area contributed by atoms with Gasteiger partial charge in [-0.15, -0.1) is 0 Å². The van der Waals surface area contributed by atoms with Crippen LogP contribution in [0.1, 0.15) is 71.9 Å². The topological polar surface area (TPSA) is 193 Å². The summed E-state index contributed by atoms with van der Waals surface area (Å²) in [5.41, 5.74) is 13.5. The summed E-state index contributed by atoms with van der Waals surface area (Å²) in [5, 5.41) is 5.50. The summed E-state index contributed by atoms with van der Waals surface area (Å²) < 4.78 is 23.8. The van der Waals surface area contributed by atoms with Crippen LogP contribution in [0.3, 0.4) is 0 Å². The number of hydrogen-bond acceptors (Lipinski definition) is 13. The van der Waals surface area contributed by atoms with Gasteiger partial charge in [0.25, 0.3) is 11.8 Å². The summed E-state index contributed by atoms with van der Waals surface area (Å²) in [5.74, 6) is 0.534. The Balaban J connectivity index is 0.785. The monoisotopic (exact) mass is 963 g/mol. The third-order valence-corrected chi connectivity index (χ3v) is 13.6. The summed E-state index contributed by atoms with van der Waals surface area (Å²) in [6.45, 7) is 9.95. The molecule has 17 heteroatoms. The van der Waals surface area contributed by atoms with Crippen molar-refractivity contribution in [1.29, 1.82) is 0 Å². The second-order valence-electron chi connectivity index (χ2n) is 18.8. The lowest BCUT2D eigenvalue weighted by Gasteiger charge is -2.34. The largest absolute Gasteiger partial charge is 0.493 e. The molecule has 5 heterocycles. The number of aliphatic imine (C=N–C) groups is 2. The van der Waals surface area contributed by atoms with Crippen molar-refractivity contribution in [3.05, 3.63) is 107 Å². The number of likely N-dealkylation sites (N-methyl/N-ethyl adjacent to an activating group) is 1. The first kappa shape index (κ1) is 48.5. The molecule has 4 amide bonds. The number of rotatable bonds is 16. The van der Waals surface area contributed by atoms with Crippen molar-refractivity contribution in [3.8, 4) is 23.0 Å². The number of ether oxygens (including phenoxy) is 4. The molecule has 4 N–H and O–H groups in total. The van der Waals surface area contributed by atoms with Crippen LogP contribution in [0.5, 0.6) is 23.0 Å². The molecular weight excluding hydrogens is 903 g/mol. The minimum Gasteiger partial charge on any atom is -0.493 e. The zero-order valence-corrected chi connectivity index (χ0v) is 41.0. The Labute approximate surface area is 414 Å². The van der Waals surface area contributed by atoms with Crippen molar-refractivity contribution < 1.29 is 38.1 Å². The fourth-order valence-electron chi connectivity index (χ4n) is 9.21. The van der Waals surface area contributed by atoms with E-state index in [0.29, 0.717) is 70.4 Å². The van der Waals surface area contributed by atoms with Gasteiger partial charge in [0.15, 0.2) is 23.0 Å². The van der Waals surface area contributed by atoms with Crippen LogP contribution in [0.2, 0.25) is 0 Å². The average Bonchev–Trinajstić information content (AvgIpc) is 3.96.